The molecule has 2 N–H and O–H groups in total. The predicted molar refractivity (Wildman–Crippen MR) is 109 cm³/mol. The smallest absolute Gasteiger partial charge is 0.233 e. The standard InChI is InChI=1S/C24H21F2NO3/c25-17-5-1-15(2-6-17)22(29)14-13-21-23(16-3-11-20(28)12-4-16)27(24(21)30)19-9-7-18(26)8-10-19/h1-12,21-23,28-29H,13-14H2/t21-,22+,23+/m1/s1. The van der Waals surface area contributed by atoms with Crippen LogP contribution in [0, 0.1) is 17.6 Å². The molecule has 3 aromatic carbocycles. The van der Waals surface area contributed by atoms with Gasteiger partial charge in [-0.1, -0.05) is 24.3 Å². The highest BCUT2D eigenvalue weighted by atomic mass is 19.1. The van der Waals surface area contributed by atoms with E-state index in [0.29, 0.717) is 24.1 Å². The Hall–Kier alpha value is -3.25. The Labute approximate surface area is 173 Å². The quantitative estimate of drug-likeness (QED) is 0.570. The van der Waals surface area contributed by atoms with E-state index in [1.54, 1.807) is 41.3 Å². The van der Waals surface area contributed by atoms with Gasteiger partial charge < -0.3 is 15.1 Å². The van der Waals surface area contributed by atoms with Crippen molar-refractivity contribution in [1.29, 1.82) is 0 Å². The number of rotatable bonds is 6. The highest BCUT2D eigenvalue weighted by Crippen LogP contribution is 2.46. The highest BCUT2D eigenvalue weighted by molar-refractivity contribution is 6.03. The number of carbonyl (C=O) groups excluding carboxylic acids is 1. The molecule has 0 aromatic heterocycles. The fourth-order valence-corrected chi connectivity index (χ4v) is 3.96. The van der Waals surface area contributed by atoms with E-state index < -0.39 is 6.10 Å². The summed E-state index contributed by atoms with van der Waals surface area (Å²) in [6.45, 7) is 0. The third-order valence-electron chi connectivity index (χ3n) is 5.56. The minimum absolute atomic E-state index is 0.106. The molecule has 4 rings (SSSR count). The van der Waals surface area contributed by atoms with Crippen molar-refractivity contribution >= 4 is 11.6 Å². The van der Waals surface area contributed by atoms with Crippen molar-refractivity contribution in [2.75, 3.05) is 4.90 Å². The third-order valence-corrected chi connectivity index (χ3v) is 5.56. The molecule has 154 valence electrons. The second-order valence-corrected chi connectivity index (χ2v) is 7.47. The van der Waals surface area contributed by atoms with Gasteiger partial charge in [0.25, 0.3) is 0 Å². The average molecular weight is 409 g/mol. The van der Waals surface area contributed by atoms with Crippen LogP contribution in [0.25, 0.3) is 0 Å². The third kappa shape index (κ3) is 3.91. The predicted octanol–water partition coefficient (Wildman–Crippen LogP) is 4.89. The summed E-state index contributed by atoms with van der Waals surface area (Å²) < 4.78 is 26.4. The first-order chi connectivity index (χ1) is 14.4. The van der Waals surface area contributed by atoms with Gasteiger partial charge in [0.1, 0.15) is 17.4 Å². The van der Waals surface area contributed by atoms with Crippen molar-refractivity contribution in [2.24, 2.45) is 5.92 Å². The number of aliphatic hydroxyl groups excluding tert-OH is 1. The molecule has 4 nitrogen and oxygen atoms in total. The van der Waals surface area contributed by atoms with E-state index in [4.69, 9.17) is 0 Å². The molecule has 6 heteroatoms. The molecule has 0 unspecified atom stereocenters. The van der Waals surface area contributed by atoms with Gasteiger partial charge >= 0.3 is 0 Å². The van der Waals surface area contributed by atoms with Crippen molar-refractivity contribution in [3.8, 4) is 5.75 Å². The van der Waals surface area contributed by atoms with Crippen molar-refractivity contribution in [1.82, 2.24) is 0 Å². The molecule has 1 heterocycles. The lowest BCUT2D eigenvalue weighted by atomic mass is 9.78. The molecule has 3 aromatic rings. The Morgan fingerprint density at radius 2 is 1.43 bits per heavy atom. The first kappa shape index (κ1) is 20.0. The Balaban J connectivity index is 1.55. The van der Waals surface area contributed by atoms with Crippen LogP contribution >= 0.6 is 0 Å². The lowest BCUT2D eigenvalue weighted by Gasteiger charge is -2.48. The van der Waals surface area contributed by atoms with E-state index in [1.165, 1.54) is 36.4 Å². The van der Waals surface area contributed by atoms with Gasteiger partial charge in [0.2, 0.25) is 5.91 Å². The maximum Gasteiger partial charge on any atom is 0.233 e. The number of halogens is 2. The molecule has 0 spiro atoms. The van der Waals surface area contributed by atoms with Gasteiger partial charge in [0.05, 0.1) is 18.1 Å². The molecule has 30 heavy (non-hydrogen) atoms. The number of hydrogen-bond acceptors (Lipinski definition) is 3. The SMILES string of the molecule is O=C1[C@H](CC[C@H](O)c2ccc(F)cc2)[C@H](c2ccc(O)cc2)N1c1ccc(F)cc1. The zero-order chi connectivity index (χ0) is 21.3. The van der Waals surface area contributed by atoms with Crippen LogP contribution in [0.5, 0.6) is 5.75 Å². The van der Waals surface area contributed by atoms with Crippen LogP contribution in [0.2, 0.25) is 0 Å². The molecule has 3 atom stereocenters. The normalized spacial score (nSPS) is 19.4. The summed E-state index contributed by atoms with van der Waals surface area (Å²) >= 11 is 0. The Kier molecular flexibility index (Phi) is 5.50. The van der Waals surface area contributed by atoms with E-state index in [-0.39, 0.29) is 35.3 Å². The number of phenolic OH excluding ortho intramolecular Hbond substituents is 1. The van der Waals surface area contributed by atoms with Crippen LogP contribution in [-0.4, -0.2) is 16.1 Å². The molecule has 0 saturated carbocycles. The summed E-state index contributed by atoms with van der Waals surface area (Å²) in [5.74, 6) is -1.10. The molecule has 1 aliphatic rings. The van der Waals surface area contributed by atoms with Gasteiger partial charge in [-0.2, -0.15) is 0 Å². The number of aliphatic hydroxyl groups is 1. The number of aromatic hydroxyl groups is 1. The summed E-state index contributed by atoms with van der Waals surface area (Å²) in [7, 11) is 0. The van der Waals surface area contributed by atoms with Gasteiger partial charge in [-0.3, -0.25) is 4.79 Å². The lowest BCUT2D eigenvalue weighted by Crippen LogP contribution is -2.55. The molecule has 1 fully saturated rings. The fraction of sp³-hybridized carbons (Fsp3) is 0.208. The Morgan fingerprint density at radius 1 is 0.867 bits per heavy atom. The van der Waals surface area contributed by atoms with Crippen molar-refractivity contribution in [2.45, 2.75) is 25.0 Å². The van der Waals surface area contributed by atoms with Crippen LogP contribution in [0.15, 0.2) is 72.8 Å². The lowest BCUT2D eigenvalue weighted by molar-refractivity contribution is -0.131. The topological polar surface area (TPSA) is 60.8 Å². The van der Waals surface area contributed by atoms with E-state index in [0.717, 1.165) is 5.56 Å². The van der Waals surface area contributed by atoms with Gasteiger partial charge in [0, 0.05) is 5.69 Å². The molecule has 1 saturated heterocycles. The molecule has 0 radical (unpaired) electrons. The van der Waals surface area contributed by atoms with E-state index in [1.807, 2.05) is 0 Å². The largest absolute Gasteiger partial charge is 0.508 e. The Morgan fingerprint density at radius 3 is 2.03 bits per heavy atom. The van der Waals surface area contributed by atoms with Crippen LogP contribution in [0.4, 0.5) is 14.5 Å². The summed E-state index contributed by atoms with van der Waals surface area (Å²) in [5.41, 5.74) is 2.03. The number of phenols is 1. The molecule has 1 aliphatic heterocycles. The summed E-state index contributed by atoms with van der Waals surface area (Å²) in [6.07, 6.45) is -0.0344. The van der Waals surface area contributed by atoms with E-state index >= 15 is 0 Å². The second-order valence-electron chi connectivity index (χ2n) is 7.47. The molecular weight excluding hydrogens is 388 g/mol. The highest BCUT2D eigenvalue weighted by Gasteiger charge is 2.48. The number of β-lactam (4-membered cyclic amide) rings is 1. The molecule has 1 amide bonds. The van der Waals surface area contributed by atoms with Gasteiger partial charge in [-0.15, -0.1) is 0 Å². The van der Waals surface area contributed by atoms with Crippen molar-refractivity contribution in [3.05, 3.63) is 95.6 Å². The molecule has 0 bridgehead atoms. The molecule has 0 aliphatic carbocycles. The van der Waals surface area contributed by atoms with Crippen LogP contribution < -0.4 is 4.90 Å². The summed E-state index contributed by atoms with van der Waals surface area (Å²) in [6, 6.07) is 17.7. The molecular formula is C24H21F2NO3. The first-order valence-corrected chi connectivity index (χ1v) is 9.75. The number of anilines is 1. The number of carbonyl (C=O) groups is 1. The first-order valence-electron chi connectivity index (χ1n) is 9.75. The number of hydrogen-bond donors (Lipinski definition) is 2. The maximum absolute atomic E-state index is 13.3. The summed E-state index contributed by atoms with van der Waals surface area (Å²) in [4.78, 5) is 14.6. The van der Waals surface area contributed by atoms with Crippen LogP contribution in [0.3, 0.4) is 0 Å². The Bertz CT molecular complexity index is 1020. The monoisotopic (exact) mass is 409 g/mol. The number of benzene rings is 3. The van der Waals surface area contributed by atoms with E-state index in [2.05, 4.69) is 0 Å². The van der Waals surface area contributed by atoms with Crippen LogP contribution in [0.1, 0.15) is 36.1 Å². The van der Waals surface area contributed by atoms with Crippen molar-refractivity contribution < 1.29 is 23.8 Å². The van der Waals surface area contributed by atoms with Crippen molar-refractivity contribution in [3.63, 3.8) is 0 Å². The van der Waals surface area contributed by atoms with Crippen LogP contribution in [-0.2, 0) is 4.79 Å². The second kappa shape index (κ2) is 8.24. The van der Waals surface area contributed by atoms with Gasteiger partial charge in [-0.05, 0) is 72.5 Å². The zero-order valence-corrected chi connectivity index (χ0v) is 16.1. The fourth-order valence-electron chi connectivity index (χ4n) is 3.96. The van der Waals surface area contributed by atoms with Gasteiger partial charge in [0.15, 0.2) is 0 Å². The number of amides is 1. The zero-order valence-electron chi connectivity index (χ0n) is 16.1. The van der Waals surface area contributed by atoms with Gasteiger partial charge in [-0.25, -0.2) is 8.78 Å². The minimum atomic E-state index is -0.807. The average Bonchev–Trinajstić information content (AvgIpc) is 2.74. The maximum atomic E-state index is 13.3. The minimum Gasteiger partial charge on any atom is -0.508 e. The summed E-state index contributed by atoms with van der Waals surface area (Å²) in [5, 5.41) is 20.1. The number of nitrogens with zero attached hydrogens (tertiary/aromatic N) is 1. The van der Waals surface area contributed by atoms with E-state index in [9.17, 15) is 23.8 Å².